The van der Waals surface area contributed by atoms with Crippen molar-refractivity contribution in [2.75, 3.05) is 0 Å². The van der Waals surface area contributed by atoms with Crippen molar-refractivity contribution in [1.82, 2.24) is 0 Å². The van der Waals surface area contributed by atoms with Crippen molar-refractivity contribution in [2.45, 2.75) is 75.4 Å². The van der Waals surface area contributed by atoms with Crippen LogP contribution >= 0.6 is 0 Å². The van der Waals surface area contributed by atoms with Crippen molar-refractivity contribution < 1.29 is 15.0 Å². The average Bonchev–Trinajstić information content (AvgIpc) is 2.42. The number of rotatable bonds is 2. The molecule has 8 aliphatic rings. The largest absolute Gasteiger partial charge is 0.390 e. The third-order valence-corrected chi connectivity index (χ3v) is 9.14. The van der Waals surface area contributed by atoms with Crippen molar-refractivity contribution in [3.05, 3.63) is 0 Å². The number of hydrogen-bond donors (Lipinski definition) is 2. The van der Waals surface area contributed by atoms with Crippen LogP contribution in [0.15, 0.2) is 0 Å². The van der Waals surface area contributed by atoms with Gasteiger partial charge in [-0.05, 0) is 99.7 Å². The number of carbonyl (C=O) groups is 1. The minimum atomic E-state index is -0.438. The Hall–Kier alpha value is -0.410. The Balaban J connectivity index is 1.29. The molecule has 0 aromatic heterocycles. The lowest BCUT2D eigenvalue weighted by molar-refractivity contribution is -0.185. The summed E-state index contributed by atoms with van der Waals surface area (Å²) in [5, 5.41) is 21.6. The molecule has 8 aliphatic carbocycles. The summed E-state index contributed by atoms with van der Waals surface area (Å²) < 4.78 is 0. The lowest BCUT2D eigenvalue weighted by Gasteiger charge is -2.61. The fraction of sp³-hybridized carbons (Fsp3) is 0.952. The second kappa shape index (κ2) is 4.46. The highest BCUT2D eigenvalue weighted by atomic mass is 16.3. The Morgan fingerprint density at radius 3 is 1.25 bits per heavy atom. The molecule has 4 atom stereocenters. The van der Waals surface area contributed by atoms with Gasteiger partial charge in [-0.1, -0.05) is 0 Å². The highest BCUT2D eigenvalue weighted by Crippen LogP contribution is 2.63. The van der Waals surface area contributed by atoms with Gasteiger partial charge in [-0.15, -0.1) is 0 Å². The summed E-state index contributed by atoms with van der Waals surface area (Å²) in [6.45, 7) is 0. The molecule has 4 unspecified atom stereocenters. The van der Waals surface area contributed by atoms with Crippen molar-refractivity contribution in [2.24, 2.45) is 47.3 Å². The molecule has 0 aliphatic heterocycles. The van der Waals surface area contributed by atoms with Gasteiger partial charge in [0, 0.05) is 11.8 Å². The van der Waals surface area contributed by atoms with Crippen LogP contribution in [0.5, 0.6) is 0 Å². The summed E-state index contributed by atoms with van der Waals surface area (Å²) in [5.41, 5.74) is -0.876. The Kier molecular flexibility index (Phi) is 2.74. The summed E-state index contributed by atoms with van der Waals surface area (Å²) in [4.78, 5) is 13.7. The van der Waals surface area contributed by atoms with E-state index >= 15 is 0 Å². The molecule has 3 nitrogen and oxygen atoms in total. The monoisotopic (exact) mass is 330 g/mol. The Bertz CT molecular complexity index is 516. The van der Waals surface area contributed by atoms with E-state index in [0.29, 0.717) is 41.3 Å². The fourth-order valence-corrected chi connectivity index (χ4v) is 9.11. The lowest BCUT2D eigenvalue weighted by atomic mass is 9.45. The van der Waals surface area contributed by atoms with Gasteiger partial charge in [0.05, 0.1) is 11.2 Å². The van der Waals surface area contributed by atoms with Crippen LogP contribution in [0.4, 0.5) is 0 Å². The number of Topliss-reactive ketones (excluding diaryl/α,β-unsaturated/α-hetero) is 1. The van der Waals surface area contributed by atoms with Gasteiger partial charge in [0.1, 0.15) is 5.78 Å². The maximum Gasteiger partial charge on any atom is 0.140 e. The van der Waals surface area contributed by atoms with Crippen LogP contribution in [0.2, 0.25) is 0 Å². The van der Waals surface area contributed by atoms with E-state index in [1.54, 1.807) is 0 Å². The highest BCUT2D eigenvalue weighted by molar-refractivity contribution is 5.85. The number of aliphatic hydroxyl groups is 2. The van der Waals surface area contributed by atoms with E-state index in [0.717, 1.165) is 38.5 Å². The standard InChI is InChI=1S/C21H30O3/c22-19(17-13-1-11-2-14(17)8-20(23,5-11)7-13)18-15-3-12-4-16(18)10-21(24,6-12)9-15/h11-18,23-24H,1-10H2. The zero-order valence-corrected chi connectivity index (χ0v) is 14.5. The fourth-order valence-electron chi connectivity index (χ4n) is 9.11. The van der Waals surface area contributed by atoms with Gasteiger partial charge in [-0.3, -0.25) is 4.79 Å². The van der Waals surface area contributed by atoms with E-state index in [9.17, 15) is 15.0 Å². The van der Waals surface area contributed by atoms with E-state index in [2.05, 4.69) is 0 Å². The first-order valence-corrected chi connectivity index (χ1v) is 10.4. The molecule has 0 aromatic rings. The molecule has 2 N–H and O–H groups in total. The molecular formula is C21H30O3. The van der Waals surface area contributed by atoms with Crippen molar-refractivity contribution in [1.29, 1.82) is 0 Å². The predicted molar refractivity (Wildman–Crippen MR) is 89.0 cm³/mol. The van der Waals surface area contributed by atoms with Crippen LogP contribution < -0.4 is 0 Å². The molecule has 0 aromatic carbocycles. The molecule has 24 heavy (non-hydrogen) atoms. The van der Waals surface area contributed by atoms with Crippen molar-refractivity contribution >= 4 is 5.78 Å². The first-order valence-electron chi connectivity index (χ1n) is 10.4. The van der Waals surface area contributed by atoms with Gasteiger partial charge >= 0.3 is 0 Å². The molecular weight excluding hydrogens is 300 g/mol. The molecule has 8 rings (SSSR count). The van der Waals surface area contributed by atoms with Gasteiger partial charge in [0.15, 0.2) is 0 Å². The smallest absolute Gasteiger partial charge is 0.140 e. The molecule has 8 fully saturated rings. The van der Waals surface area contributed by atoms with Crippen molar-refractivity contribution in [3.63, 3.8) is 0 Å². The van der Waals surface area contributed by atoms with Gasteiger partial charge in [0.2, 0.25) is 0 Å². The lowest BCUT2D eigenvalue weighted by Crippen LogP contribution is -2.61. The van der Waals surface area contributed by atoms with E-state index < -0.39 is 11.2 Å². The maximum atomic E-state index is 13.7. The van der Waals surface area contributed by atoms with Gasteiger partial charge < -0.3 is 10.2 Å². The van der Waals surface area contributed by atoms with E-state index in [1.165, 1.54) is 25.7 Å². The normalized spacial score (nSPS) is 63.1. The maximum absolute atomic E-state index is 13.7. The minimum Gasteiger partial charge on any atom is -0.390 e. The quantitative estimate of drug-likeness (QED) is 0.818. The van der Waals surface area contributed by atoms with E-state index in [1.807, 2.05) is 0 Å². The molecule has 8 bridgehead atoms. The van der Waals surface area contributed by atoms with E-state index in [4.69, 9.17) is 0 Å². The van der Waals surface area contributed by atoms with Crippen LogP contribution in [-0.4, -0.2) is 27.2 Å². The second-order valence-corrected chi connectivity index (χ2v) is 10.8. The zero-order valence-electron chi connectivity index (χ0n) is 14.5. The van der Waals surface area contributed by atoms with Gasteiger partial charge in [0.25, 0.3) is 0 Å². The number of carbonyl (C=O) groups excluding carboxylic acids is 1. The zero-order chi connectivity index (χ0) is 16.3. The number of ketones is 1. The number of hydrogen-bond acceptors (Lipinski definition) is 3. The van der Waals surface area contributed by atoms with E-state index in [-0.39, 0.29) is 11.8 Å². The molecule has 0 radical (unpaired) electrons. The molecule has 0 amide bonds. The highest BCUT2D eigenvalue weighted by Gasteiger charge is 2.61. The van der Waals surface area contributed by atoms with Crippen LogP contribution in [0.3, 0.4) is 0 Å². The summed E-state index contributed by atoms with van der Waals surface area (Å²) in [6, 6.07) is 0. The summed E-state index contributed by atoms with van der Waals surface area (Å²) in [6.07, 6.45) is 10.2. The van der Waals surface area contributed by atoms with Gasteiger partial charge in [-0.2, -0.15) is 0 Å². The van der Waals surface area contributed by atoms with Crippen LogP contribution in [0, 0.1) is 47.3 Å². The Labute approximate surface area is 144 Å². The average molecular weight is 330 g/mol. The first-order chi connectivity index (χ1) is 11.4. The predicted octanol–water partition coefficient (Wildman–Crippen LogP) is 2.93. The van der Waals surface area contributed by atoms with Gasteiger partial charge in [-0.25, -0.2) is 0 Å². The topological polar surface area (TPSA) is 57.5 Å². The SMILES string of the molecule is O=C(C1C2CC3CC1CC(O)(C3)C2)C1C2CC3CC1CC(O)(C3)C2. The van der Waals surface area contributed by atoms with Crippen LogP contribution in [0.1, 0.15) is 64.2 Å². The van der Waals surface area contributed by atoms with Crippen molar-refractivity contribution in [3.8, 4) is 0 Å². The first kappa shape index (κ1) is 14.7. The molecule has 0 saturated heterocycles. The molecule has 0 heterocycles. The third kappa shape index (κ3) is 1.89. The minimum absolute atomic E-state index is 0.235. The summed E-state index contributed by atoms with van der Waals surface area (Å²) in [7, 11) is 0. The second-order valence-electron chi connectivity index (χ2n) is 10.8. The molecule has 132 valence electrons. The van der Waals surface area contributed by atoms with Crippen LogP contribution in [0.25, 0.3) is 0 Å². The molecule has 0 spiro atoms. The third-order valence-electron chi connectivity index (χ3n) is 9.14. The Morgan fingerprint density at radius 1 is 0.625 bits per heavy atom. The summed E-state index contributed by atoms with van der Waals surface area (Å²) >= 11 is 0. The molecule has 8 saturated carbocycles. The molecule has 3 heteroatoms. The summed E-state index contributed by atoms with van der Waals surface area (Å²) in [5.74, 6) is 4.19. The Morgan fingerprint density at radius 2 is 0.958 bits per heavy atom. The van der Waals surface area contributed by atoms with Crippen LogP contribution in [-0.2, 0) is 4.79 Å².